The number of nitrogen functional groups attached to an aromatic ring is 1. The first-order valence-electron chi connectivity index (χ1n) is 8.64. The average Bonchev–Trinajstić information content (AvgIpc) is 2.64. The lowest BCUT2D eigenvalue weighted by atomic mass is 10.3. The zero-order valence-electron chi connectivity index (χ0n) is 15.3. The standard InChI is InChI=1S/C17H23N5O4S/c1-3-5-9-21-15(18)14(16(24)19-17(21)25)20(4-2)12(23)11-27-13-8-6-7-10-22(13)26/h6-8,10H,3-5,9,11,18H2,1-2H3,(H,19,24,25). The number of thioether (sulfide) groups is 1. The van der Waals surface area contributed by atoms with Crippen LogP contribution in [0, 0.1) is 5.21 Å². The van der Waals surface area contributed by atoms with Gasteiger partial charge in [-0.1, -0.05) is 13.3 Å². The number of unbranched alkanes of at least 4 members (excludes halogenated alkanes) is 1. The number of pyridine rings is 1. The molecular formula is C17H23N5O4S. The van der Waals surface area contributed by atoms with Crippen molar-refractivity contribution in [2.24, 2.45) is 0 Å². The van der Waals surface area contributed by atoms with E-state index in [4.69, 9.17) is 5.73 Å². The fourth-order valence-electron chi connectivity index (χ4n) is 2.57. The van der Waals surface area contributed by atoms with Crippen molar-refractivity contribution in [1.82, 2.24) is 9.55 Å². The van der Waals surface area contributed by atoms with E-state index in [-0.39, 0.29) is 29.7 Å². The monoisotopic (exact) mass is 393 g/mol. The predicted molar refractivity (Wildman–Crippen MR) is 105 cm³/mol. The summed E-state index contributed by atoms with van der Waals surface area (Å²) in [5.41, 5.74) is 4.72. The highest BCUT2D eigenvalue weighted by atomic mass is 32.2. The van der Waals surface area contributed by atoms with Crippen LogP contribution in [0.2, 0.25) is 0 Å². The number of rotatable bonds is 8. The third-order valence-electron chi connectivity index (χ3n) is 3.97. The van der Waals surface area contributed by atoms with E-state index in [0.717, 1.165) is 18.2 Å². The molecule has 3 N–H and O–H groups in total. The molecule has 10 heteroatoms. The Morgan fingerprint density at radius 3 is 2.74 bits per heavy atom. The molecule has 2 aromatic rings. The highest BCUT2D eigenvalue weighted by Gasteiger charge is 2.23. The van der Waals surface area contributed by atoms with E-state index in [9.17, 15) is 19.6 Å². The maximum Gasteiger partial charge on any atom is 0.330 e. The molecule has 0 aliphatic carbocycles. The summed E-state index contributed by atoms with van der Waals surface area (Å²) in [4.78, 5) is 40.5. The lowest BCUT2D eigenvalue weighted by Crippen LogP contribution is -2.42. The molecule has 2 rings (SSSR count). The van der Waals surface area contributed by atoms with Crippen molar-refractivity contribution in [3.8, 4) is 0 Å². The second kappa shape index (κ2) is 9.26. The third-order valence-corrected chi connectivity index (χ3v) is 4.97. The van der Waals surface area contributed by atoms with Crippen LogP contribution in [0.3, 0.4) is 0 Å². The summed E-state index contributed by atoms with van der Waals surface area (Å²) in [5, 5.41) is 12.1. The van der Waals surface area contributed by atoms with Crippen LogP contribution < -0.4 is 26.6 Å². The first-order chi connectivity index (χ1) is 12.9. The molecule has 0 atom stereocenters. The Balaban J connectivity index is 2.30. The molecule has 1 amide bonds. The third kappa shape index (κ3) is 4.70. The minimum absolute atomic E-state index is 0.0315. The zero-order valence-corrected chi connectivity index (χ0v) is 16.1. The fourth-order valence-corrected chi connectivity index (χ4v) is 3.36. The Bertz CT molecular complexity index is 924. The highest BCUT2D eigenvalue weighted by Crippen LogP contribution is 2.20. The number of aromatic amines is 1. The Labute approximate surface area is 160 Å². The molecule has 0 saturated heterocycles. The van der Waals surface area contributed by atoms with Crippen LogP contribution in [-0.4, -0.2) is 27.8 Å². The lowest BCUT2D eigenvalue weighted by Gasteiger charge is -2.22. The molecule has 0 bridgehead atoms. The predicted octanol–water partition coefficient (Wildman–Crippen LogP) is 0.698. The molecular weight excluding hydrogens is 370 g/mol. The minimum atomic E-state index is -0.705. The molecule has 0 aromatic carbocycles. The molecule has 0 saturated carbocycles. The highest BCUT2D eigenvalue weighted by molar-refractivity contribution is 7.99. The van der Waals surface area contributed by atoms with Crippen molar-refractivity contribution in [1.29, 1.82) is 0 Å². The first-order valence-corrected chi connectivity index (χ1v) is 9.63. The Morgan fingerprint density at radius 2 is 2.11 bits per heavy atom. The van der Waals surface area contributed by atoms with Crippen molar-refractivity contribution in [3.63, 3.8) is 0 Å². The summed E-state index contributed by atoms with van der Waals surface area (Å²) >= 11 is 1.06. The molecule has 2 heterocycles. The van der Waals surface area contributed by atoms with Crippen molar-refractivity contribution >= 4 is 29.2 Å². The van der Waals surface area contributed by atoms with Gasteiger partial charge in [-0.2, -0.15) is 4.73 Å². The van der Waals surface area contributed by atoms with Crippen LogP contribution in [0.5, 0.6) is 0 Å². The molecule has 0 aliphatic heterocycles. The number of aromatic nitrogens is 3. The van der Waals surface area contributed by atoms with Crippen LogP contribution in [0.25, 0.3) is 0 Å². The van der Waals surface area contributed by atoms with E-state index >= 15 is 0 Å². The van der Waals surface area contributed by atoms with Gasteiger partial charge in [0.15, 0.2) is 11.9 Å². The Kier molecular flexibility index (Phi) is 7.05. The van der Waals surface area contributed by atoms with E-state index in [0.29, 0.717) is 22.7 Å². The summed E-state index contributed by atoms with van der Waals surface area (Å²) in [6.07, 6.45) is 2.90. The van der Waals surface area contributed by atoms with Gasteiger partial charge in [0.1, 0.15) is 5.82 Å². The number of H-pyrrole nitrogens is 1. The van der Waals surface area contributed by atoms with Crippen LogP contribution in [0.4, 0.5) is 11.5 Å². The second-order valence-electron chi connectivity index (χ2n) is 5.79. The largest absolute Gasteiger partial charge is 0.618 e. The summed E-state index contributed by atoms with van der Waals surface area (Å²) in [6.45, 7) is 4.23. The number of amides is 1. The number of hydrogen-bond acceptors (Lipinski definition) is 6. The molecule has 0 unspecified atom stereocenters. The van der Waals surface area contributed by atoms with Gasteiger partial charge in [0.05, 0.1) is 5.75 Å². The molecule has 0 fully saturated rings. The maximum absolute atomic E-state index is 12.7. The Morgan fingerprint density at radius 1 is 1.37 bits per heavy atom. The first kappa shape index (κ1) is 20.6. The van der Waals surface area contributed by atoms with E-state index in [1.165, 1.54) is 15.7 Å². The van der Waals surface area contributed by atoms with Gasteiger partial charge >= 0.3 is 5.69 Å². The Hall–Kier alpha value is -2.75. The van der Waals surface area contributed by atoms with Crippen LogP contribution in [0.1, 0.15) is 26.7 Å². The summed E-state index contributed by atoms with van der Waals surface area (Å²) in [7, 11) is 0. The van der Waals surface area contributed by atoms with Crippen molar-refractivity contribution in [2.45, 2.75) is 38.3 Å². The van der Waals surface area contributed by atoms with Crippen molar-refractivity contribution in [2.75, 3.05) is 22.9 Å². The minimum Gasteiger partial charge on any atom is -0.618 e. The van der Waals surface area contributed by atoms with Gasteiger partial charge in [-0.15, -0.1) is 0 Å². The van der Waals surface area contributed by atoms with Gasteiger partial charge in [-0.3, -0.25) is 19.1 Å². The van der Waals surface area contributed by atoms with Gasteiger partial charge < -0.3 is 15.8 Å². The quantitative estimate of drug-likeness (QED) is 0.386. The number of anilines is 2. The normalized spacial score (nSPS) is 10.7. The van der Waals surface area contributed by atoms with E-state index < -0.39 is 11.2 Å². The van der Waals surface area contributed by atoms with E-state index in [1.807, 2.05) is 6.92 Å². The number of nitrogens with two attached hydrogens (primary N) is 1. The number of nitrogens with zero attached hydrogens (tertiary/aromatic N) is 3. The number of carbonyl (C=O) groups is 1. The van der Waals surface area contributed by atoms with E-state index in [2.05, 4.69) is 4.98 Å². The fraction of sp³-hybridized carbons (Fsp3) is 0.412. The average molecular weight is 393 g/mol. The van der Waals surface area contributed by atoms with Crippen LogP contribution >= 0.6 is 11.8 Å². The van der Waals surface area contributed by atoms with Crippen LogP contribution in [-0.2, 0) is 11.3 Å². The van der Waals surface area contributed by atoms with Gasteiger partial charge in [0, 0.05) is 25.2 Å². The number of nitrogens with one attached hydrogen (secondary N) is 1. The maximum atomic E-state index is 12.7. The molecule has 146 valence electrons. The molecule has 2 aromatic heterocycles. The van der Waals surface area contributed by atoms with E-state index in [1.54, 1.807) is 25.1 Å². The van der Waals surface area contributed by atoms with Gasteiger partial charge in [-0.05, 0) is 31.2 Å². The van der Waals surface area contributed by atoms with Crippen LogP contribution in [0.15, 0.2) is 39.0 Å². The smallest absolute Gasteiger partial charge is 0.330 e. The van der Waals surface area contributed by atoms with Crippen molar-refractivity contribution < 1.29 is 9.52 Å². The number of hydrogen-bond donors (Lipinski definition) is 2. The van der Waals surface area contributed by atoms with Gasteiger partial charge in [0.25, 0.3) is 10.6 Å². The molecule has 0 aliphatic rings. The second-order valence-corrected chi connectivity index (χ2v) is 6.79. The summed E-state index contributed by atoms with van der Waals surface area (Å²) in [6, 6.07) is 4.90. The topological polar surface area (TPSA) is 128 Å². The lowest BCUT2D eigenvalue weighted by molar-refractivity contribution is -0.645. The SMILES string of the molecule is CCCCn1c(N)c(N(CC)C(=O)CSc2cccc[n+]2[O-])c(=O)[nH]c1=O. The van der Waals surface area contributed by atoms with Gasteiger partial charge in [-0.25, -0.2) is 4.79 Å². The zero-order chi connectivity index (χ0) is 20.0. The summed E-state index contributed by atoms with van der Waals surface area (Å²) in [5.74, 6) is -0.465. The molecule has 0 radical (unpaired) electrons. The molecule has 0 spiro atoms. The number of carbonyl (C=O) groups excluding carboxylic acids is 1. The summed E-state index contributed by atoms with van der Waals surface area (Å²) < 4.78 is 1.94. The van der Waals surface area contributed by atoms with Gasteiger partial charge in [0.2, 0.25) is 5.91 Å². The molecule has 9 nitrogen and oxygen atoms in total. The van der Waals surface area contributed by atoms with Crippen molar-refractivity contribution in [3.05, 3.63) is 50.4 Å². The molecule has 27 heavy (non-hydrogen) atoms.